The van der Waals surface area contributed by atoms with Gasteiger partial charge < -0.3 is 14.4 Å². The predicted molar refractivity (Wildman–Crippen MR) is 116 cm³/mol. The quantitative estimate of drug-likeness (QED) is 0.251. The maximum absolute atomic E-state index is 14.7. The number of epoxide rings is 1. The Morgan fingerprint density at radius 1 is 1.18 bits per heavy atom. The molecule has 0 N–H and O–H groups in total. The molecule has 2 aliphatic rings. The zero-order valence-corrected chi connectivity index (χ0v) is 19.3. The number of hydrogen-bond acceptors (Lipinski definition) is 4. The Morgan fingerprint density at radius 2 is 1.87 bits per heavy atom. The van der Waals surface area contributed by atoms with Crippen molar-refractivity contribution in [3.05, 3.63) is 52.0 Å². The van der Waals surface area contributed by atoms with Crippen LogP contribution < -0.4 is 14.5 Å². The first kappa shape index (κ1) is 23.8. The molecule has 2 aliphatic heterocycles. The second-order valence-corrected chi connectivity index (χ2v) is 8.48. The van der Waals surface area contributed by atoms with Gasteiger partial charge in [0.05, 0.1) is 36.2 Å². The van der Waals surface area contributed by atoms with Crippen molar-refractivity contribution in [1.29, 1.82) is 0 Å². The number of halogens is 9. The van der Waals surface area contributed by atoms with Crippen molar-refractivity contribution < 1.29 is 58.3 Å². The summed E-state index contributed by atoms with van der Waals surface area (Å²) in [6, 6.07) is -0.420. The number of anilines is 2. The number of rotatable bonds is 5. The van der Waals surface area contributed by atoms with Crippen LogP contribution in [0.25, 0.3) is 0 Å². The maximum Gasteiger partial charge on any atom is 0.420 e. The molecule has 2 heterocycles. The van der Waals surface area contributed by atoms with Crippen LogP contribution in [0.2, 0.25) is 5.02 Å². The SMILES string of the molecule is [2H]C([2H])([2H])N(C(=O)Oc1c(N2CCN(CC3CO3)C2=O)cc(C(F)(F)F)cc1C(F)(F)F)c1ccc(F)c(Cl)c1F. The zero-order chi connectivity index (χ0) is 30.7. The van der Waals surface area contributed by atoms with Crippen molar-refractivity contribution in [2.75, 3.05) is 43.0 Å². The van der Waals surface area contributed by atoms with Crippen molar-refractivity contribution >= 4 is 35.1 Å². The molecule has 38 heavy (non-hydrogen) atoms. The summed E-state index contributed by atoms with van der Waals surface area (Å²) in [7, 11) is 0. The van der Waals surface area contributed by atoms with Crippen molar-refractivity contribution in [2.24, 2.45) is 0 Å². The molecule has 0 bridgehead atoms. The number of urea groups is 1. The van der Waals surface area contributed by atoms with Crippen LogP contribution in [0, 0.1) is 11.6 Å². The van der Waals surface area contributed by atoms with Crippen molar-refractivity contribution in [2.45, 2.75) is 18.5 Å². The summed E-state index contributed by atoms with van der Waals surface area (Å²) >= 11 is 5.44. The van der Waals surface area contributed by atoms with E-state index in [4.69, 9.17) is 25.2 Å². The van der Waals surface area contributed by atoms with E-state index in [-0.39, 0.29) is 31.9 Å². The Balaban J connectivity index is 1.86. The average Bonchev–Trinajstić information content (AvgIpc) is 3.59. The van der Waals surface area contributed by atoms with Gasteiger partial charge in [-0.1, -0.05) is 11.6 Å². The van der Waals surface area contributed by atoms with Crippen LogP contribution in [0.15, 0.2) is 24.3 Å². The molecule has 1 atom stereocenters. The van der Waals surface area contributed by atoms with E-state index in [0.29, 0.717) is 17.0 Å². The molecule has 1 unspecified atom stereocenters. The second kappa shape index (κ2) is 9.76. The molecular weight excluding hydrogens is 558 g/mol. The molecule has 0 radical (unpaired) electrons. The summed E-state index contributed by atoms with van der Waals surface area (Å²) < 4.78 is 144. The lowest BCUT2D eigenvalue weighted by molar-refractivity contribution is -0.143. The van der Waals surface area contributed by atoms with E-state index < -0.39 is 93.9 Å². The van der Waals surface area contributed by atoms with Gasteiger partial charge in [0, 0.05) is 24.2 Å². The molecule has 2 fully saturated rings. The smallest absolute Gasteiger partial charge is 0.407 e. The van der Waals surface area contributed by atoms with Gasteiger partial charge in [-0.15, -0.1) is 0 Å². The molecule has 4 rings (SSSR count). The van der Waals surface area contributed by atoms with Gasteiger partial charge in [0.25, 0.3) is 0 Å². The topological polar surface area (TPSA) is 65.6 Å². The Labute approximate surface area is 218 Å². The maximum atomic E-state index is 14.7. The highest BCUT2D eigenvalue weighted by Gasteiger charge is 2.44. The highest BCUT2D eigenvalue weighted by atomic mass is 35.5. The molecule has 2 aromatic rings. The number of hydrogen-bond donors (Lipinski definition) is 0. The molecule has 16 heteroatoms. The molecule has 0 aliphatic carbocycles. The summed E-state index contributed by atoms with van der Waals surface area (Å²) in [6.07, 6.45) is -13.6. The molecule has 0 saturated carbocycles. The lowest BCUT2D eigenvalue weighted by Crippen LogP contribution is -2.36. The number of amides is 3. The van der Waals surface area contributed by atoms with E-state index in [1.165, 1.54) is 0 Å². The normalized spacial score (nSPS) is 19.2. The minimum Gasteiger partial charge on any atom is -0.407 e. The van der Waals surface area contributed by atoms with E-state index >= 15 is 0 Å². The second-order valence-electron chi connectivity index (χ2n) is 8.10. The molecule has 3 amide bonds. The lowest BCUT2D eigenvalue weighted by Gasteiger charge is -2.26. The lowest BCUT2D eigenvalue weighted by atomic mass is 10.1. The van der Waals surface area contributed by atoms with E-state index in [1.807, 2.05) is 0 Å². The zero-order valence-electron chi connectivity index (χ0n) is 21.6. The Hall–Kier alpha value is -3.33. The van der Waals surface area contributed by atoms with Gasteiger partial charge in [-0.25, -0.2) is 18.4 Å². The van der Waals surface area contributed by atoms with Crippen LogP contribution in [0.5, 0.6) is 5.75 Å². The summed E-state index contributed by atoms with van der Waals surface area (Å²) in [5.41, 5.74) is -6.44. The minimum atomic E-state index is -5.63. The molecule has 2 saturated heterocycles. The molecule has 2 aromatic carbocycles. The average molecular weight is 577 g/mol. The number of benzene rings is 2. The predicted octanol–water partition coefficient (Wildman–Crippen LogP) is 5.93. The van der Waals surface area contributed by atoms with Crippen LogP contribution in [-0.4, -0.2) is 56.3 Å². The number of carbonyl (C=O) groups is 2. The highest BCUT2D eigenvalue weighted by molar-refractivity contribution is 6.31. The fourth-order valence-corrected chi connectivity index (χ4v) is 3.77. The van der Waals surface area contributed by atoms with Gasteiger partial charge in [-0.2, -0.15) is 26.3 Å². The van der Waals surface area contributed by atoms with Gasteiger partial charge in [0.2, 0.25) is 0 Å². The van der Waals surface area contributed by atoms with Crippen LogP contribution in [0.3, 0.4) is 0 Å². The first-order valence-electron chi connectivity index (χ1n) is 12.0. The number of alkyl halides is 6. The Bertz CT molecular complexity index is 1390. The van der Waals surface area contributed by atoms with E-state index in [9.17, 15) is 44.7 Å². The van der Waals surface area contributed by atoms with Gasteiger partial charge in [0.15, 0.2) is 11.6 Å². The Kier molecular flexibility index (Phi) is 6.11. The summed E-state index contributed by atoms with van der Waals surface area (Å²) in [4.78, 5) is 27.1. The third-order valence-corrected chi connectivity index (χ3v) is 5.89. The van der Waals surface area contributed by atoms with Gasteiger partial charge in [0.1, 0.15) is 16.4 Å². The first-order valence-corrected chi connectivity index (χ1v) is 10.8. The van der Waals surface area contributed by atoms with Crippen molar-refractivity contribution in [3.8, 4) is 5.75 Å². The third kappa shape index (κ3) is 5.43. The van der Waals surface area contributed by atoms with Gasteiger partial charge >= 0.3 is 24.5 Å². The van der Waals surface area contributed by atoms with Crippen LogP contribution >= 0.6 is 11.6 Å². The van der Waals surface area contributed by atoms with Gasteiger partial charge in [-0.05, 0) is 24.3 Å². The van der Waals surface area contributed by atoms with Gasteiger partial charge in [-0.3, -0.25) is 9.80 Å². The molecule has 206 valence electrons. The fraction of sp³-hybridized carbons (Fsp3) is 0.364. The first-order chi connectivity index (χ1) is 18.8. The molecule has 7 nitrogen and oxygen atoms in total. The van der Waals surface area contributed by atoms with Crippen molar-refractivity contribution in [3.63, 3.8) is 0 Å². The Morgan fingerprint density at radius 3 is 2.45 bits per heavy atom. The highest BCUT2D eigenvalue weighted by Crippen LogP contribution is 2.47. The summed E-state index contributed by atoms with van der Waals surface area (Å²) in [5, 5.41) is -1.27. The summed E-state index contributed by atoms with van der Waals surface area (Å²) in [6.45, 7) is -4.02. The van der Waals surface area contributed by atoms with E-state index in [0.717, 1.165) is 4.90 Å². The van der Waals surface area contributed by atoms with E-state index in [1.54, 1.807) is 0 Å². The molecule has 0 spiro atoms. The largest absolute Gasteiger partial charge is 0.420 e. The number of nitrogens with zero attached hydrogens (tertiary/aromatic N) is 3. The minimum absolute atomic E-state index is 0.0209. The summed E-state index contributed by atoms with van der Waals surface area (Å²) in [5.74, 6) is -4.82. The fourth-order valence-electron chi connectivity index (χ4n) is 3.61. The molecule has 0 aromatic heterocycles. The van der Waals surface area contributed by atoms with E-state index in [2.05, 4.69) is 0 Å². The number of ether oxygens (including phenoxy) is 2. The van der Waals surface area contributed by atoms with Crippen molar-refractivity contribution in [1.82, 2.24) is 4.90 Å². The van der Waals surface area contributed by atoms with Crippen LogP contribution in [0.1, 0.15) is 15.2 Å². The monoisotopic (exact) mass is 576 g/mol. The number of carbonyl (C=O) groups excluding carboxylic acids is 2. The van der Waals surface area contributed by atoms with Crippen LogP contribution in [0.4, 0.5) is 56.1 Å². The van der Waals surface area contributed by atoms with Crippen LogP contribution in [-0.2, 0) is 17.1 Å². The molecular formula is C22H16ClF8N3O4. The standard InChI is InChI=1S/C22H16ClF8N3O4/c1-32(14-3-2-13(24)16(23)17(14)25)20(36)38-18-12(22(29,30)31)6-10(21(26,27)28)7-15(18)34-5-4-33(19(34)35)8-11-9-37-11/h2-3,6-7,11H,4-5,8-9H2,1H3/i1D3. The third-order valence-electron chi connectivity index (χ3n) is 5.54.